The first-order chi connectivity index (χ1) is 13.7. The van der Waals surface area contributed by atoms with Crippen LogP contribution in [0.25, 0.3) is 0 Å². The number of hydrogen-bond donors (Lipinski definition) is 1. The molecule has 2 aliphatic heterocycles. The van der Waals surface area contributed by atoms with E-state index in [-0.39, 0.29) is 22.6 Å². The summed E-state index contributed by atoms with van der Waals surface area (Å²) in [6.07, 6.45) is 2.33. The summed E-state index contributed by atoms with van der Waals surface area (Å²) < 4.78 is 27.5. The molecule has 2 amide bonds. The number of amides is 2. The van der Waals surface area contributed by atoms with Crippen LogP contribution in [0.2, 0.25) is 0 Å². The van der Waals surface area contributed by atoms with Gasteiger partial charge in [0.25, 0.3) is 0 Å². The fraction of sp³-hybridized carbons (Fsp3) is 0.619. The van der Waals surface area contributed by atoms with E-state index in [9.17, 15) is 18.0 Å². The van der Waals surface area contributed by atoms with Crippen molar-refractivity contribution in [3.63, 3.8) is 0 Å². The van der Waals surface area contributed by atoms with Crippen LogP contribution in [-0.4, -0.2) is 55.6 Å². The average molecular weight is 422 g/mol. The molecule has 0 aliphatic carbocycles. The van der Waals surface area contributed by atoms with Gasteiger partial charge in [-0.05, 0) is 55.4 Å². The molecule has 0 aromatic heterocycles. The molecule has 0 radical (unpaired) electrons. The van der Waals surface area contributed by atoms with Crippen LogP contribution in [0.15, 0.2) is 29.2 Å². The molecule has 1 aromatic carbocycles. The van der Waals surface area contributed by atoms with Crippen molar-refractivity contribution in [2.45, 2.75) is 44.9 Å². The number of likely N-dealkylation sites (tertiary alicyclic amines) is 1. The van der Waals surface area contributed by atoms with Gasteiger partial charge in [-0.15, -0.1) is 0 Å². The fourth-order valence-electron chi connectivity index (χ4n) is 4.36. The van der Waals surface area contributed by atoms with Crippen LogP contribution >= 0.6 is 0 Å². The monoisotopic (exact) mass is 421 g/mol. The Morgan fingerprint density at radius 2 is 1.55 bits per heavy atom. The summed E-state index contributed by atoms with van der Waals surface area (Å²) in [5.74, 6) is 0.522. The van der Waals surface area contributed by atoms with Gasteiger partial charge in [0.05, 0.1) is 4.90 Å². The van der Waals surface area contributed by atoms with E-state index in [0.29, 0.717) is 56.5 Å². The van der Waals surface area contributed by atoms with Gasteiger partial charge in [0.15, 0.2) is 0 Å². The summed E-state index contributed by atoms with van der Waals surface area (Å²) in [7, 11) is -3.52. The Hall–Kier alpha value is -1.93. The van der Waals surface area contributed by atoms with E-state index < -0.39 is 10.0 Å². The third-order valence-electron chi connectivity index (χ3n) is 5.91. The van der Waals surface area contributed by atoms with Gasteiger partial charge in [0.2, 0.25) is 21.8 Å². The second-order valence-electron chi connectivity index (χ2n) is 8.56. The van der Waals surface area contributed by atoms with Crippen molar-refractivity contribution in [2.75, 3.05) is 31.5 Å². The first kappa shape index (κ1) is 21.8. The van der Waals surface area contributed by atoms with Crippen molar-refractivity contribution >= 4 is 27.5 Å². The van der Waals surface area contributed by atoms with Gasteiger partial charge in [-0.2, -0.15) is 4.31 Å². The first-order valence-electron chi connectivity index (χ1n) is 10.3. The molecule has 7 nitrogen and oxygen atoms in total. The molecule has 3 rings (SSSR count). The van der Waals surface area contributed by atoms with Crippen molar-refractivity contribution in [1.29, 1.82) is 0 Å². The van der Waals surface area contributed by atoms with Crippen molar-refractivity contribution < 1.29 is 18.0 Å². The molecule has 8 heteroatoms. The van der Waals surface area contributed by atoms with Crippen LogP contribution < -0.4 is 5.32 Å². The maximum absolute atomic E-state index is 13.0. The van der Waals surface area contributed by atoms with Crippen LogP contribution in [0.4, 0.5) is 5.69 Å². The largest absolute Gasteiger partial charge is 0.343 e. The van der Waals surface area contributed by atoms with E-state index in [4.69, 9.17) is 0 Å². The fourth-order valence-corrected chi connectivity index (χ4v) is 6.04. The SMILES string of the molecule is CC(=O)N1CCC(C(=O)Nc2ccc(S(=O)(=O)N3C[C@H](C)C[C@H](C)C3)cc2)CC1. The minimum Gasteiger partial charge on any atom is -0.343 e. The lowest BCUT2D eigenvalue weighted by Crippen LogP contribution is -2.42. The molecule has 0 saturated carbocycles. The van der Waals surface area contributed by atoms with Crippen molar-refractivity contribution in [2.24, 2.45) is 17.8 Å². The lowest BCUT2D eigenvalue weighted by atomic mass is 9.94. The van der Waals surface area contributed by atoms with Crippen molar-refractivity contribution in [3.05, 3.63) is 24.3 Å². The maximum Gasteiger partial charge on any atom is 0.243 e. The van der Waals surface area contributed by atoms with E-state index in [1.807, 2.05) is 0 Å². The minimum atomic E-state index is -3.52. The van der Waals surface area contributed by atoms with Crippen molar-refractivity contribution in [3.8, 4) is 0 Å². The van der Waals surface area contributed by atoms with Gasteiger partial charge < -0.3 is 10.2 Å². The molecule has 2 aliphatic rings. The number of rotatable bonds is 4. The quantitative estimate of drug-likeness (QED) is 0.809. The first-order valence-corrected chi connectivity index (χ1v) is 11.8. The van der Waals surface area contributed by atoms with Crippen LogP contribution in [0, 0.1) is 17.8 Å². The summed E-state index contributed by atoms with van der Waals surface area (Å²) in [4.78, 5) is 25.9. The Morgan fingerprint density at radius 3 is 2.07 bits per heavy atom. The number of nitrogens with one attached hydrogen (secondary N) is 1. The van der Waals surface area contributed by atoms with Crippen LogP contribution in [0.1, 0.15) is 40.0 Å². The summed E-state index contributed by atoms with van der Waals surface area (Å²) in [5.41, 5.74) is 0.586. The van der Waals surface area contributed by atoms with E-state index in [0.717, 1.165) is 6.42 Å². The highest BCUT2D eigenvalue weighted by atomic mass is 32.2. The zero-order chi connectivity index (χ0) is 21.2. The van der Waals surface area contributed by atoms with E-state index >= 15 is 0 Å². The van der Waals surface area contributed by atoms with Crippen LogP contribution in [-0.2, 0) is 19.6 Å². The lowest BCUT2D eigenvalue weighted by Gasteiger charge is -2.34. The summed E-state index contributed by atoms with van der Waals surface area (Å²) in [6.45, 7) is 7.99. The average Bonchev–Trinajstić information content (AvgIpc) is 2.67. The predicted octanol–water partition coefficient (Wildman–Crippen LogP) is 2.55. The van der Waals surface area contributed by atoms with Gasteiger partial charge >= 0.3 is 0 Å². The summed E-state index contributed by atoms with van der Waals surface area (Å²) in [5, 5.41) is 2.88. The molecule has 2 heterocycles. The van der Waals surface area contributed by atoms with Crippen molar-refractivity contribution in [1.82, 2.24) is 9.21 Å². The molecule has 2 atom stereocenters. The highest BCUT2D eigenvalue weighted by Crippen LogP contribution is 2.27. The molecule has 0 bridgehead atoms. The second kappa shape index (κ2) is 8.83. The molecule has 0 unspecified atom stereocenters. The predicted molar refractivity (Wildman–Crippen MR) is 112 cm³/mol. The topological polar surface area (TPSA) is 86.8 Å². The molecule has 160 valence electrons. The van der Waals surface area contributed by atoms with Gasteiger partial charge in [0, 0.05) is 44.7 Å². The number of nitrogens with zero attached hydrogens (tertiary/aromatic N) is 2. The molecule has 1 aromatic rings. The molecule has 1 N–H and O–H groups in total. The molecule has 0 spiro atoms. The van der Waals surface area contributed by atoms with Gasteiger partial charge in [0.1, 0.15) is 0 Å². The lowest BCUT2D eigenvalue weighted by molar-refractivity contribution is -0.132. The molecule has 2 saturated heterocycles. The standard InChI is InChI=1S/C21H31N3O4S/c1-15-12-16(2)14-24(13-15)29(27,28)20-6-4-19(5-7-20)22-21(26)18-8-10-23(11-9-18)17(3)25/h4-7,15-16,18H,8-14H2,1-3H3,(H,22,26)/t15-,16+. The third kappa shape index (κ3) is 5.17. The molecular formula is C21H31N3O4S. The van der Waals surface area contributed by atoms with Gasteiger partial charge in [-0.1, -0.05) is 13.8 Å². The maximum atomic E-state index is 13.0. The number of hydrogen-bond acceptors (Lipinski definition) is 4. The number of sulfonamides is 1. The highest BCUT2D eigenvalue weighted by molar-refractivity contribution is 7.89. The number of carbonyl (C=O) groups is 2. The Balaban J connectivity index is 1.61. The number of anilines is 1. The number of piperidine rings is 2. The Morgan fingerprint density at radius 1 is 1.00 bits per heavy atom. The van der Waals surface area contributed by atoms with Gasteiger partial charge in [-0.3, -0.25) is 9.59 Å². The Kier molecular flexibility index (Phi) is 6.63. The normalized spacial score (nSPS) is 24.3. The van der Waals surface area contributed by atoms with Crippen LogP contribution in [0.3, 0.4) is 0 Å². The number of carbonyl (C=O) groups excluding carboxylic acids is 2. The highest BCUT2D eigenvalue weighted by Gasteiger charge is 2.31. The van der Waals surface area contributed by atoms with E-state index in [1.165, 1.54) is 0 Å². The molecule has 2 fully saturated rings. The zero-order valence-electron chi connectivity index (χ0n) is 17.4. The summed E-state index contributed by atoms with van der Waals surface area (Å²) in [6, 6.07) is 6.42. The number of benzene rings is 1. The molecule has 29 heavy (non-hydrogen) atoms. The summed E-state index contributed by atoms with van der Waals surface area (Å²) >= 11 is 0. The third-order valence-corrected chi connectivity index (χ3v) is 7.75. The zero-order valence-corrected chi connectivity index (χ0v) is 18.2. The Labute approximate surface area is 173 Å². The van der Waals surface area contributed by atoms with Crippen LogP contribution in [0.5, 0.6) is 0 Å². The molecular weight excluding hydrogens is 390 g/mol. The Bertz CT molecular complexity index is 835. The second-order valence-corrected chi connectivity index (χ2v) is 10.5. The van der Waals surface area contributed by atoms with E-state index in [1.54, 1.807) is 40.4 Å². The van der Waals surface area contributed by atoms with E-state index in [2.05, 4.69) is 19.2 Å². The minimum absolute atomic E-state index is 0.0400. The van der Waals surface area contributed by atoms with Gasteiger partial charge in [-0.25, -0.2) is 8.42 Å². The smallest absolute Gasteiger partial charge is 0.243 e.